The van der Waals surface area contributed by atoms with E-state index in [1.54, 1.807) is 0 Å². The van der Waals surface area contributed by atoms with Crippen molar-refractivity contribution in [1.29, 1.82) is 0 Å². The van der Waals surface area contributed by atoms with Crippen LogP contribution in [0.1, 0.15) is 17.9 Å². The van der Waals surface area contributed by atoms with E-state index in [1.165, 1.54) is 22.8 Å². The SMILES string of the molecule is NC[C@H]1C[C@@H]1c1ccc2ccccc2c1. The summed E-state index contributed by atoms with van der Waals surface area (Å²) < 4.78 is 0. The van der Waals surface area contributed by atoms with Crippen LogP contribution >= 0.6 is 0 Å². The third-order valence-corrected chi connectivity index (χ3v) is 3.43. The van der Waals surface area contributed by atoms with Crippen LogP contribution in [-0.2, 0) is 0 Å². The number of rotatable bonds is 2. The fourth-order valence-electron chi connectivity index (χ4n) is 2.35. The molecular weight excluding hydrogens is 182 g/mol. The lowest BCUT2D eigenvalue weighted by molar-refractivity contribution is 0.810. The van der Waals surface area contributed by atoms with Crippen molar-refractivity contribution in [3.63, 3.8) is 0 Å². The highest BCUT2D eigenvalue weighted by Gasteiger charge is 2.36. The summed E-state index contributed by atoms with van der Waals surface area (Å²) >= 11 is 0. The molecule has 2 aromatic carbocycles. The van der Waals surface area contributed by atoms with Gasteiger partial charge in [-0.25, -0.2) is 0 Å². The van der Waals surface area contributed by atoms with Gasteiger partial charge in [0.2, 0.25) is 0 Å². The average molecular weight is 197 g/mol. The summed E-state index contributed by atoms with van der Waals surface area (Å²) in [6, 6.07) is 15.3. The Morgan fingerprint density at radius 2 is 1.87 bits per heavy atom. The predicted molar refractivity (Wildman–Crippen MR) is 63.9 cm³/mol. The van der Waals surface area contributed by atoms with Gasteiger partial charge in [-0.1, -0.05) is 42.5 Å². The monoisotopic (exact) mass is 197 g/mol. The Balaban J connectivity index is 2.00. The molecule has 0 heterocycles. The van der Waals surface area contributed by atoms with Crippen LogP contribution in [0, 0.1) is 5.92 Å². The molecule has 0 spiro atoms. The fraction of sp³-hybridized carbons (Fsp3) is 0.286. The van der Waals surface area contributed by atoms with Gasteiger partial charge in [0.25, 0.3) is 0 Å². The van der Waals surface area contributed by atoms with E-state index in [-0.39, 0.29) is 0 Å². The maximum atomic E-state index is 5.67. The van der Waals surface area contributed by atoms with Crippen LogP contribution in [0.5, 0.6) is 0 Å². The summed E-state index contributed by atoms with van der Waals surface area (Å²) in [6.07, 6.45) is 1.27. The first kappa shape index (κ1) is 8.93. The number of benzene rings is 2. The largest absolute Gasteiger partial charge is 0.330 e. The molecule has 15 heavy (non-hydrogen) atoms. The van der Waals surface area contributed by atoms with Crippen molar-refractivity contribution in [2.45, 2.75) is 12.3 Å². The normalized spacial score (nSPS) is 24.3. The first-order valence-electron chi connectivity index (χ1n) is 5.57. The molecule has 1 aliphatic rings. The van der Waals surface area contributed by atoms with Gasteiger partial charge < -0.3 is 5.73 Å². The van der Waals surface area contributed by atoms with Crippen molar-refractivity contribution in [3.8, 4) is 0 Å². The van der Waals surface area contributed by atoms with E-state index >= 15 is 0 Å². The molecule has 1 saturated carbocycles. The quantitative estimate of drug-likeness (QED) is 0.787. The van der Waals surface area contributed by atoms with Crippen LogP contribution in [-0.4, -0.2) is 6.54 Å². The summed E-state index contributed by atoms with van der Waals surface area (Å²) in [5.41, 5.74) is 7.14. The molecule has 76 valence electrons. The lowest BCUT2D eigenvalue weighted by Crippen LogP contribution is -2.01. The lowest BCUT2D eigenvalue weighted by atomic mass is 10.0. The van der Waals surface area contributed by atoms with Crippen LogP contribution in [0.2, 0.25) is 0 Å². The van der Waals surface area contributed by atoms with Gasteiger partial charge in [0.05, 0.1) is 0 Å². The van der Waals surface area contributed by atoms with Gasteiger partial charge in [0.15, 0.2) is 0 Å². The van der Waals surface area contributed by atoms with E-state index in [1.807, 2.05) is 0 Å². The second kappa shape index (κ2) is 3.35. The number of hydrogen-bond acceptors (Lipinski definition) is 1. The molecule has 0 unspecified atom stereocenters. The molecule has 0 aromatic heterocycles. The highest BCUT2D eigenvalue weighted by molar-refractivity contribution is 5.83. The topological polar surface area (TPSA) is 26.0 Å². The second-order valence-electron chi connectivity index (χ2n) is 4.44. The van der Waals surface area contributed by atoms with Gasteiger partial charge in [0, 0.05) is 0 Å². The van der Waals surface area contributed by atoms with Crippen LogP contribution in [0.3, 0.4) is 0 Å². The zero-order valence-electron chi connectivity index (χ0n) is 8.69. The number of fused-ring (bicyclic) bond motifs is 1. The van der Waals surface area contributed by atoms with Crippen molar-refractivity contribution < 1.29 is 0 Å². The van der Waals surface area contributed by atoms with E-state index in [0.29, 0.717) is 0 Å². The molecule has 2 atom stereocenters. The van der Waals surface area contributed by atoms with Crippen molar-refractivity contribution in [2.75, 3.05) is 6.54 Å². The molecule has 1 aliphatic carbocycles. The summed E-state index contributed by atoms with van der Waals surface area (Å²) in [4.78, 5) is 0. The van der Waals surface area contributed by atoms with Crippen molar-refractivity contribution >= 4 is 10.8 Å². The Morgan fingerprint density at radius 1 is 1.07 bits per heavy atom. The minimum Gasteiger partial charge on any atom is -0.330 e. The fourth-order valence-corrected chi connectivity index (χ4v) is 2.35. The van der Waals surface area contributed by atoms with Gasteiger partial charge in [-0.2, -0.15) is 0 Å². The predicted octanol–water partition coefficient (Wildman–Crippen LogP) is 2.90. The first-order valence-corrected chi connectivity index (χ1v) is 5.57. The Labute approximate surface area is 89.9 Å². The molecule has 0 aliphatic heterocycles. The highest BCUT2D eigenvalue weighted by atomic mass is 14.6. The van der Waals surface area contributed by atoms with Crippen LogP contribution in [0.15, 0.2) is 42.5 Å². The van der Waals surface area contributed by atoms with Crippen molar-refractivity contribution in [1.82, 2.24) is 0 Å². The molecule has 2 N–H and O–H groups in total. The van der Waals surface area contributed by atoms with E-state index in [0.717, 1.165) is 18.4 Å². The standard InChI is InChI=1S/C14H15N/c15-9-13-8-14(13)12-6-5-10-3-1-2-4-11(10)7-12/h1-7,13-14H,8-9,15H2/t13-,14-/m1/s1. The van der Waals surface area contributed by atoms with Crippen molar-refractivity contribution in [2.24, 2.45) is 11.7 Å². The molecule has 0 saturated heterocycles. The maximum Gasteiger partial charge on any atom is -0.00428 e. The molecule has 1 fully saturated rings. The van der Waals surface area contributed by atoms with E-state index in [4.69, 9.17) is 5.73 Å². The minimum atomic E-state index is 0.722. The summed E-state index contributed by atoms with van der Waals surface area (Å²) in [5.74, 6) is 1.45. The number of nitrogens with two attached hydrogens (primary N) is 1. The van der Waals surface area contributed by atoms with Gasteiger partial charge >= 0.3 is 0 Å². The van der Waals surface area contributed by atoms with E-state index in [9.17, 15) is 0 Å². The van der Waals surface area contributed by atoms with Gasteiger partial charge in [-0.05, 0) is 41.1 Å². The minimum absolute atomic E-state index is 0.722. The van der Waals surface area contributed by atoms with E-state index in [2.05, 4.69) is 42.5 Å². The molecular formula is C14H15N. The van der Waals surface area contributed by atoms with Gasteiger partial charge in [0.1, 0.15) is 0 Å². The third-order valence-electron chi connectivity index (χ3n) is 3.43. The maximum absolute atomic E-state index is 5.67. The van der Waals surface area contributed by atoms with Crippen LogP contribution in [0.4, 0.5) is 0 Å². The van der Waals surface area contributed by atoms with E-state index < -0.39 is 0 Å². The molecule has 0 radical (unpaired) electrons. The van der Waals surface area contributed by atoms with Crippen LogP contribution < -0.4 is 5.73 Å². The molecule has 1 nitrogen and oxygen atoms in total. The Hall–Kier alpha value is -1.34. The third kappa shape index (κ3) is 1.53. The van der Waals surface area contributed by atoms with Crippen molar-refractivity contribution in [3.05, 3.63) is 48.0 Å². The Kier molecular flexibility index (Phi) is 2.00. The second-order valence-corrected chi connectivity index (χ2v) is 4.44. The summed E-state index contributed by atoms with van der Waals surface area (Å²) in [5, 5.41) is 2.67. The van der Waals surface area contributed by atoms with Gasteiger partial charge in [-0.15, -0.1) is 0 Å². The lowest BCUT2D eigenvalue weighted by Gasteiger charge is -2.02. The summed E-state index contributed by atoms with van der Waals surface area (Å²) in [6.45, 7) is 0.831. The molecule has 1 heteroatoms. The Bertz CT molecular complexity index is 489. The van der Waals surface area contributed by atoms with Crippen LogP contribution in [0.25, 0.3) is 10.8 Å². The smallest absolute Gasteiger partial charge is 0.00428 e. The summed E-state index contributed by atoms with van der Waals surface area (Å²) in [7, 11) is 0. The average Bonchev–Trinajstić information content (AvgIpc) is 3.08. The molecule has 2 aromatic rings. The molecule has 0 bridgehead atoms. The zero-order chi connectivity index (χ0) is 10.3. The molecule has 0 amide bonds. The highest BCUT2D eigenvalue weighted by Crippen LogP contribution is 2.47. The number of hydrogen-bond donors (Lipinski definition) is 1. The zero-order valence-corrected chi connectivity index (χ0v) is 8.69. The first-order chi connectivity index (χ1) is 7.38. The van der Waals surface area contributed by atoms with Gasteiger partial charge in [-0.3, -0.25) is 0 Å². The molecule has 3 rings (SSSR count). The Morgan fingerprint density at radius 3 is 2.60 bits per heavy atom.